The second-order valence-electron chi connectivity index (χ2n) is 4.98. The molecule has 9 heteroatoms. The second-order valence-corrected chi connectivity index (χ2v) is 4.98. The van der Waals surface area contributed by atoms with Crippen molar-refractivity contribution in [3.63, 3.8) is 0 Å². The Morgan fingerprint density at radius 1 is 1.36 bits per heavy atom. The average Bonchev–Trinajstić information content (AvgIpc) is 3.01. The number of hydrogen-bond donors (Lipinski definition) is 1. The van der Waals surface area contributed by atoms with Gasteiger partial charge in [0.1, 0.15) is 18.4 Å². The second kappa shape index (κ2) is 6.83. The first-order valence-electron chi connectivity index (χ1n) is 6.91. The molecule has 2 rings (SSSR count). The molecule has 0 aliphatic heterocycles. The molecule has 1 N–H and O–H groups in total. The molecule has 0 aliphatic carbocycles. The highest BCUT2D eigenvalue weighted by Gasteiger charge is 2.16. The first-order chi connectivity index (χ1) is 10.5. The third-order valence-electron chi connectivity index (χ3n) is 3.08. The normalized spacial score (nSPS) is 10.6. The molecule has 0 saturated heterocycles. The maximum Gasteiger partial charge on any atom is 0.309 e. The Labute approximate surface area is 127 Å². The summed E-state index contributed by atoms with van der Waals surface area (Å²) >= 11 is 0. The lowest BCUT2D eigenvalue weighted by Gasteiger charge is -2.05. The summed E-state index contributed by atoms with van der Waals surface area (Å²) in [5.41, 5.74) is 1.17. The third kappa shape index (κ3) is 4.14. The molecule has 0 atom stereocenters. The van der Waals surface area contributed by atoms with Crippen molar-refractivity contribution in [1.29, 1.82) is 0 Å². The lowest BCUT2D eigenvalue weighted by molar-refractivity contribution is -0.385. The number of hydrogen-bond acceptors (Lipinski definition) is 5. The van der Waals surface area contributed by atoms with Gasteiger partial charge in [0, 0.05) is 19.3 Å². The van der Waals surface area contributed by atoms with E-state index in [1.54, 1.807) is 6.92 Å². The topological polar surface area (TPSA) is 108 Å². The van der Waals surface area contributed by atoms with Gasteiger partial charge in [-0.25, -0.2) is 0 Å². The quantitative estimate of drug-likeness (QED) is 0.462. The van der Waals surface area contributed by atoms with Gasteiger partial charge in [-0.15, -0.1) is 0 Å². The number of aryl methyl sites for hydroxylation is 3. The largest absolute Gasteiger partial charge is 0.354 e. The SMILES string of the molecule is Cc1ccn(CCCNC(=O)Cn2cc([N+](=O)[O-])c(C)n2)n1. The van der Waals surface area contributed by atoms with Crippen molar-refractivity contribution in [2.45, 2.75) is 33.4 Å². The number of nitrogens with one attached hydrogen (secondary N) is 1. The number of aromatic nitrogens is 4. The summed E-state index contributed by atoms with van der Waals surface area (Å²) in [6, 6.07) is 1.92. The molecule has 2 aromatic heterocycles. The molecule has 2 aromatic rings. The number of carbonyl (C=O) groups is 1. The van der Waals surface area contributed by atoms with E-state index in [-0.39, 0.29) is 18.1 Å². The van der Waals surface area contributed by atoms with Gasteiger partial charge in [0.2, 0.25) is 5.91 Å². The van der Waals surface area contributed by atoms with Crippen LogP contribution in [-0.4, -0.2) is 36.9 Å². The molecular formula is C13H18N6O3. The predicted molar refractivity (Wildman–Crippen MR) is 78.2 cm³/mol. The molecule has 0 aromatic carbocycles. The molecule has 9 nitrogen and oxygen atoms in total. The summed E-state index contributed by atoms with van der Waals surface area (Å²) in [5.74, 6) is -0.228. The molecule has 118 valence electrons. The molecule has 0 bridgehead atoms. The van der Waals surface area contributed by atoms with Crippen LogP contribution in [0, 0.1) is 24.0 Å². The van der Waals surface area contributed by atoms with Crippen LogP contribution in [0.1, 0.15) is 17.8 Å². The van der Waals surface area contributed by atoms with Crippen LogP contribution in [0.5, 0.6) is 0 Å². The van der Waals surface area contributed by atoms with Crippen molar-refractivity contribution < 1.29 is 9.72 Å². The highest BCUT2D eigenvalue weighted by atomic mass is 16.6. The van der Waals surface area contributed by atoms with Gasteiger partial charge in [0.25, 0.3) is 0 Å². The maximum atomic E-state index is 11.8. The highest BCUT2D eigenvalue weighted by molar-refractivity contribution is 5.75. The number of nitrogens with zero attached hydrogens (tertiary/aromatic N) is 5. The lowest BCUT2D eigenvalue weighted by atomic mass is 10.4. The molecule has 1 amide bonds. The van der Waals surface area contributed by atoms with Gasteiger partial charge in [0.15, 0.2) is 0 Å². The summed E-state index contributed by atoms with van der Waals surface area (Å²) in [4.78, 5) is 22.0. The van der Waals surface area contributed by atoms with Crippen molar-refractivity contribution in [1.82, 2.24) is 24.9 Å². The number of amides is 1. The molecule has 0 aliphatic rings. The van der Waals surface area contributed by atoms with Crippen LogP contribution in [0.25, 0.3) is 0 Å². The number of rotatable bonds is 7. The minimum Gasteiger partial charge on any atom is -0.354 e. The fourth-order valence-corrected chi connectivity index (χ4v) is 2.03. The van der Waals surface area contributed by atoms with Crippen molar-refractivity contribution in [2.75, 3.05) is 6.54 Å². The summed E-state index contributed by atoms with van der Waals surface area (Å²) in [6.07, 6.45) is 3.91. The fourth-order valence-electron chi connectivity index (χ4n) is 2.03. The fraction of sp³-hybridized carbons (Fsp3) is 0.462. The Bertz CT molecular complexity index is 675. The molecule has 2 heterocycles. The zero-order chi connectivity index (χ0) is 16.1. The van der Waals surface area contributed by atoms with Gasteiger partial charge in [-0.1, -0.05) is 0 Å². The van der Waals surface area contributed by atoms with Crippen LogP contribution < -0.4 is 5.32 Å². The van der Waals surface area contributed by atoms with E-state index >= 15 is 0 Å². The zero-order valence-corrected chi connectivity index (χ0v) is 12.5. The Kier molecular flexibility index (Phi) is 4.87. The van der Waals surface area contributed by atoms with Crippen LogP contribution in [-0.2, 0) is 17.9 Å². The summed E-state index contributed by atoms with van der Waals surface area (Å²) in [6.45, 7) is 4.66. The Morgan fingerprint density at radius 3 is 2.73 bits per heavy atom. The first-order valence-corrected chi connectivity index (χ1v) is 6.91. The van der Waals surface area contributed by atoms with Crippen molar-refractivity contribution in [2.24, 2.45) is 0 Å². The third-order valence-corrected chi connectivity index (χ3v) is 3.08. The summed E-state index contributed by atoms with van der Waals surface area (Å²) < 4.78 is 3.10. The van der Waals surface area contributed by atoms with Crippen LogP contribution in [0.3, 0.4) is 0 Å². The number of nitro groups is 1. The number of carbonyl (C=O) groups excluding carboxylic acids is 1. The van der Waals surface area contributed by atoms with Crippen molar-refractivity contribution in [3.8, 4) is 0 Å². The van der Waals surface area contributed by atoms with E-state index in [4.69, 9.17) is 0 Å². The van der Waals surface area contributed by atoms with E-state index in [2.05, 4.69) is 15.5 Å². The lowest BCUT2D eigenvalue weighted by Crippen LogP contribution is -2.29. The average molecular weight is 306 g/mol. The van der Waals surface area contributed by atoms with Crippen LogP contribution in [0.2, 0.25) is 0 Å². The molecule has 0 fully saturated rings. The Morgan fingerprint density at radius 2 is 2.14 bits per heavy atom. The molecule has 0 unspecified atom stereocenters. The van der Waals surface area contributed by atoms with Gasteiger partial charge < -0.3 is 5.32 Å². The molecule has 0 saturated carbocycles. The van der Waals surface area contributed by atoms with Crippen molar-refractivity contribution in [3.05, 3.63) is 40.0 Å². The molecule has 22 heavy (non-hydrogen) atoms. The zero-order valence-electron chi connectivity index (χ0n) is 12.5. The minimum absolute atomic E-state index is 0.0322. The van der Waals surface area contributed by atoms with E-state index in [0.29, 0.717) is 12.2 Å². The summed E-state index contributed by atoms with van der Waals surface area (Å²) in [5, 5.41) is 21.7. The van der Waals surface area contributed by atoms with Gasteiger partial charge in [-0.05, 0) is 26.3 Å². The molecular weight excluding hydrogens is 288 g/mol. The minimum atomic E-state index is -0.511. The van der Waals surface area contributed by atoms with E-state index in [0.717, 1.165) is 18.7 Å². The Hall–Kier alpha value is -2.71. The molecule has 0 spiro atoms. The standard InChI is InChI=1S/C13H18N6O3/c1-10-4-7-17(15-10)6-3-5-14-13(20)9-18-8-12(19(21)22)11(2)16-18/h4,7-8H,3,5-6,9H2,1-2H3,(H,14,20). The predicted octanol–water partition coefficient (Wildman–Crippen LogP) is 0.811. The Balaban J connectivity index is 1.73. The van der Waals surface area contributed by atoms with E-state index in [1.165, 1.54) is 10.9 Å². The van der Waals surface area contributed by atoms with E-state index < -0.39 is 4.92 Å². The smallest absolute Gasteiger partial charge is 0.309 e. The van der Waals surface area contributed by atoms with Gasteiger partial charge in [0.05, 0.1) is 10.6 Å². The maximum absolute atomic E-state index is 11.8. The van der Waals surface area contributed by atoms with Gasteiger partial charge in [-0.2, -0.15) is 10.2 Å². The highest BCUT2D eigenvalue weighted by Crippen LogP contribution is 2.14. The summed E-state index contributed by atoms with van der Waals surface area (Å²) in [7, 11) is 0. The van der Waals surface area contributed by atoms with Crippen molar-refractivity contribution >= 4 is 11.6 Å². The van der Waals surface area contributed by atoms with Crippen LogP contribution in [0.15, 0.2) is 18.5 Å². The van der Waals surface area contributed by atoms with Gasteiger partial charge in [-0.3, -0.25) is 24.3 Å². The van der Waals surface area contributed by atoms with E-state index in [1.807, 2.05) is 23.9 Å². The van der Waals surface area contributed by atoms with Crippen LogP contribution >= 0.6 is 0 Å². The van der Waals surface area contributed by atoms with Crippen LogP contribution in [0.4, 0.5) is 5.69 Å². The monoisotopic (exact) mass is 306 g/mol. The van der Waals surface area contributed by atoms with Gasteiger partial charge >= 0.3 is 5.69 Å². The molecule has 0 radical (unpaired) electrons. The van der Waals surface area contributed by atoms with E-state index in [9.17, 15) is 14.9 Å². The first kappa shape index (κ1) is 15.7.